The summed E-state index contributed by atoms with van der Waals surface area (Å²) in [5, 5.41) is 3.99. The van der Waals surface area contributed by atoms with Gasteiger partial charge in [-0.05, 0) is 54.8 Å². The van der Waals surface area contributed by atoms with E-state index in [1.807, 2.05) is 18.2 Å². The molecule has 1 heterocycles. The van der Waals surface area contributed by atoms with Gasteiger partial charge in [0.25, 0.3) is 0 Å². The molecule has 0 aliphatic carbocycles. The Bertz CT molecular complexity index is 1050. The lowest BCUT2D eigenvalue weighted by atomic mass is 9.98. The van der Waals surface area contributed by atoms with Crippen LogP contribution in [0.5, 0.6) is 5.75 Å². The summed E-state index contributed by atoms with van der Waals surface area (Å²) in [6.45, 7) is 4.42. The maximum Gasteiger partial charge on any atom is 0.243 e. The number of sulfonamides is 1. The smallest absolute Gasteiger partial charge is 0.243 e. The van der Waals surface area contributed by atoms with Crippen molar-refractivity contribution < 1.29 is 22.3 Å². The van der Waals surface area contributed by atoms with E-state index in [0.717, 1.165) is 17.7 Å². The topological polar surface area (TPSA) is 88.1 Å². The highest BCUT2D eigenvalue weighted by atomic mass is 32.2. The van der Waals surface area contributed by atoms with Crippen molar-refractivity contribution in [1.29, 1.82) is 0 Å². The number of rotatable bonds is 8. The average Bonchev–Trinajstić information content (AvgIpc) is 2.78. The van der Waals surface area contributed by atoms with Crippen LogP contribution in [0.3, 0.4) is 0 Å². The van der Waals surface area contributed by atoms with E-state index in [2.05, 4.69) is 17.1 Å². The fourth-order valence-electron chi connectivity index (χ4n) is 3.22. The van der Waals surface area contributed by atoms with Gasteiger partial charge in [0.1, 0.15) is 18.2 Å². The van der Waals surface area contributed by atoms with E-state index in [1.165, 1.54) is 22.7 Å². The largest absolute Gasteiger partial charge is 0.490 e. The lowest BCUT2D eigenvalue weighted by Gasteiger charge is -2.30. The first kappa shape index (κ1) is 22.6. The SMILES string of the molecule is C=CCOc1cccc(/C=N\NC(=O)C2CCN(S(=O)(=O)c3ccc(F)cc3)CC2)c1. The highest BCUT2D eigenvalue weighted by molar-refractivity contribution is 7.89. The van der Waals surface area contributed by atoms with E-state index >= 15 is 0 Å². The molecule has 164 valence electrons. The number of hydrogen-bond donors (Lipinski definition) is 1. The zero-order valence-corrected chi connectivity index (χ0v) is 17.7. The van der Waals surface area contributed by atoms with Crippen molar-refractivity contribution in [3.05, 3.63) is 72.6 Å². The number of halogens is 1. The maximum absolute atomic E-state index is 13.1. The highest BCUT2D eigenvalue weighted by Crippen LogP contribution is 2.24. The molecule has 9 heteroatoms. The lowest BCUT2D eigenvalue weighted by Crippen LogP contribution is -2.42. The van der Waals surface area contributed by atoms with Crippen LogP contribution < -0.4 is 10.2 Å². The fourth-order valence-corrected chi connectivity index (χ4v) is 4.69. The Hall–Kier alpha value is -3.04. The molecule has 1 amide bonds. The van der Waals surface area contributed by atoms with Gasteiger partial charge in [-0.25, -0.2) is 18.2 Å². The minimum Gasteiger partial charge on any atom is -0.490 e. The number of amides is 1. The van der Waals surface area contributed by atoms with Crippen LogP contribution in [-0.4, -0.2) is 44.5 Å². The first-order chi connectivity index (χ1) is 14.9. The average molecular weight is 446 g/mol. The molecule has 0 radical (unpaired) electrons. The van der Waals surface area contributed by atoms with Crippen LogP contribution in [-0.2, 0) is 14.8 Å². The Morgan fingerprint density at radius 2 is 1.94 bits per heavy atom. The molecule has 0 atom stereocenters. The maximum atomic E-state index is 13.1. The number of ether oxygens (including phenoxy) is 1. The number of hydrogen-bond acceptors (Lipinski definition) is 5. The van der Waals surface area contributed by atoms with Crippen LogP contribution >= 0.6 is 0 Å². The van der Waals surface area contributed by atoms with Crippen molar-refractivity contribution >= 4 is 22.1 Å². The standard InChI is InChI=1S/C22H24FN3O4S/c1-2-14-30-20-5-3-4-17(15-20)16-24-25-22(27)18-10-12-26(13-11-18)31(28,29)21-8-6-19(23)7-9-21/h2-9,15-16,18H,1,10-14H2,(H,25,27)/b24-16-. The van der Waals surface area contributed by atoms with Crippen LogP contribution in [0.25, 0.3) is 0 Å². The Morgan fingerprint density at radius 1 is 1.23 bits per heavy atom. The number of nitrogens with zero attached hydrogens (tertiary/aromatic N) is 2. The van der Waals surface area contributed by atoms with E-state index < -0.39 is 15.8 Å². The van der Waals surface area contributed by atoms with Crippen molar-refractivity contribution in [1.82, 2.24) is 9.73 Å². The van der Waals surface area contributed by atoms with E-state index in [4.69, 9.17) is 4.74 Å². The predicted octanol–water partition coefficient (Wildman–Crippen LogP) is 2.94. The van der Waals surface area contributed by atoms with Gasteiger partial charge in [0.15, 0.2) is 0 Å². The summed E-state index contributed by atoms with van der Waals surface area (Å²) in [6, 6.07) is 12.0. The summed E-state index contributed by atoms with van der Waals surface area (Å²) >= 11 is 0. The number of nitrogens with one attached hydrogen (secondary N) is 1. The first-order valence-electron chi connectivity index (χ1n) is 9.82. The number of carbonyl (C=O) groups is 1. The summed E-state index contributed by atoms with van der Waals surface area (Å²) in [5.74, 6) is -0.413. The molecule has 0 bridgehead atoms. The zero-order chi connectivity index (χ0) is 22.3. The number of hydrazone groups is 1. The summed E-state index contributed by atoms with van der Waals surface area (Å²) in [6.07, 6.45) is 3.93. The summed E-state index contributed by atoms with van der Waals surface area (Å²) in [5.41, 5.74) is 3.28. The number of carbonyl (C=O) groups excluding carboxylic acids is 1. The van der Waals surface area contributed by atoms with Gasteiger partial charge in [0, 0.05) is 19.0 Å². The van der Waals surface area contributed by atoms with Gasteiger partial charge in [-0.2, -0.15) is 9.41 Å². The lowest BCUT2D eigenvalue weighted by molar-refractivity contribution is -0.126. The van der Waals surface area contributed by atoms with Crippen LogP contribution in [0.15, 0.2) is 71.2 Å². The third kappa shape index (κ3) is 5.99. The van der Waals surface area contributed by atoms with Gasteiger partial charge < -0.3 is 4.74 Å². The summed E-state index contributed by atoms with van der Waals surface area (Å²) in [4.78, 5) is 12.4. The minimum atomic E-state index is -3.70. The van der Waals surface area contributed by atoms with Crippen LogP contribution in [0.1, 0.15) is 18.4 Å². The molecule has 0 spiro atoms. The Morgan fingerprint density at radius 3 is 2.61 bits per heavy atom. The Balaban J connectivity index is 1.52. The second-order valence-corrected chi connectivity index (χ2v) is 8.98. The van der Waals surface area contributed by atoms with Gasteiger partial charge in [-0.15, -0.1) is 0 Å². The molecule has 31 heavy (non-hydrogen) atoms. The van der Waals surface area contributed by atoms with Crippen molar-refractivity contribution in [2.24, 2.45) is 11.0 Å². The second-order valence-electron chi connectivity index (χ2n) is 7.04. The van der Waals surface area contributed by atoms with E-state index in [9.17, 15) is 17.6 Å². The van der Waals surface area contributed by atoms with Gasteiger partial charge >= 0.3 is 0 Å². The fraction of sp³-hybridized carbons (Fsp3) is 0.273. The van der Waals surface area contributed by atoms with Gasteiger partial charge in [0.2, 0.25) is 15.9 Å². The third-order valence-electron chi connectivity index (χ3n) is 4.89. The quantitative estimate of drug-likeness (QED) is 0.384. The van der Waals surface area contributed by atoms with E-state index in [0.29, 0.717) is 25.2 Å². The molecule has 1 aliphatic rings. The first-order valence-corrected chi connectivity index (χ1v) is 11.3. The summed E-state index contributed by atoms with van der Waals surface area (Å²) < 4.78 is 45.2. The van der Waals surface area contributed by atoms with Crippen molar-refractivity contribution in [3.8, 4) is 5.75 Å². The van der Waals surface area contributed by atoms with Crippen LogP contribution in [0, 0.1) is 11.7 Å². The molecule has 1 saturated heterocycles. The monoisotopic (exact) mass is 445 g/mol. The van der Waals surface area contributed by atoms with E-state index in [1.54, 1.807) is 12.1 Å². The van der Waals surface area contributed by atoms with Crippen LogP contribution in [0.2, 0.25) is 0 Å². The molecule has 0 saturated carbocycles. The second kappa shape index (κ2) is 10.3. The molecule has 7 nitrogen and oxygen atoms in total. The van der Waals surface area contributed by atoms with Gasteiger partial charge in [-0.1, -0.05) is 24.8 Å². The number of benzene rings is 2. The molecule has 3 rings (SSSR count). The van der Waals surface area contributed by atoms with Gasteiger partial charge in [0.05, 0.1) is 11.1 Å². The normalized spacial score (nSPS) is 15.6. The predicted molar refractivity (Wildman–Crippen MR) is 116 cm³/mol. The van der Waals surface area contributed by atoms with Crippen molar-refractivity contribution in [2.75, 3.05) is 19.7 Å². The Labute approximate surface area is 181 Å². The molecular formula is C22H24FN3O4S. The summed E-state index contributed by atoms with van der Waals surface area (Å²) in [7, 11) is -3.70. The molecule has 0 aromatic heterocycles. The van der Waals surface area contributed by atoms with E-state index in [-0.39, 0.29) is 29.8 Å². The Kier molecular flexibility index (Phi) is 7.54. The molecular weight excluding hydrogens is 421 g/mol. The molecule has 0 unspecified atom stereocenters. The zero-order valence-electron chi connectivity index (χ0n) is 16.9. The highest BCUT2D eigenvalue weighted by Gasteiger charge is 2.32. The van der Waals surface area contributed by atoms with Crippen molar-refractivity contribution in [3.63, 3.8) is 0 Å². The molecule has 1 aliphatic heterocycles. The van der Waals surface area contributed by atoms with Crippen molar-refractivity contribution in [2.45, 2.75) is 17.7 Å². The molecule has 2 aromatic rings. The molecule has 2 aromatic carbocycles. The number of piperidine rings is 1. The molecule has 1 N–H and O–H groups in total. The molecule has 1 fully saturated rings. The minimum absolute atomic E-state index is 0.0423. The van der Waals surface area contributed by atoms with Crippen LogP contribution in [0.4, 0.5) is 4.39 Å². The third-order valence-corrected chi connectivity index (χ3v) is 6.80. The van der Waals surface area contributed by atoms with Gasteiger partial charge in [-0.3, -0.25) is 4.79 Å².